The Morgan fingerprint density at radius 1 is 1.11 bits per heavy atom. The second-order valence-electron chi connectivity index (χ2n) is 4.61. The van der Waals surface area contributed by atoms with Gasteiger partial charge in [-0.25, -0.2) is 0 Å². The Balaban J connectivity index is 1.72. The molecule has 0 saturated carbocycles. The molecule has 96 valence electrons. The first-order chi connectivity index (χ1) is 9.29. The van der Waals surface area contributed by atoms with Gasteiger partial charge in [-0.05, 0) is 29.8 Å². The van der Waals surface area contributed by atoms with Gasteiger partial charge in [-0.2, -0.15) is 0 Å². The standard InChI is InChI=1S/C16H15NO2/c1-19-14-9-7-13(8-10-14)16(18)17-11-15(17)12-5-3-2-4-6-12/h2-10,15H,11H2,1H3. The zero-order valence-corrected chi connectivity index (χ0v) is 10.7. The van der Waals surface area contributed by atoms with E-state index in [9.17, 15) is 4.79 Å². The highest BCUT2D eigenvalue weighted by molar-refractivity contribution is 5.96. The molecule has 1 atom stereocenters. The van der Waals surface area contributed by atoms with E-state index in [0.29, 0.717) is 5.56 Å². The van der Waals surface area contributed by atoms with E-state index >= 15 is 0 Å². The number of carbonyl (C=O) groups is 1. The maximum Gasteiger partial charge on any atom is 0.254 e. The number of amides is 1. The van der Waals surface area contributed by atoms with Gasteiger partial charge in [0.05, 0.1) is 13.2 Å². The summed E-state index contributed by atoms with van der Waals surface area (Å²) >= 11 is 0. The molecule has 3 heteroatoms. The first-order valence-electron chi connectivity index (χ1n) is 6.29. The maximum absolute atomic E-state index is 12.3. The highest BCUT2D eigenvalue weighted by Crippen LogP contribution is 2.36. The number of ether oxygens (including phenoxy) is 1. The van der Waals surface area contributed by atoms with Crippen LogP contribution in [-0.4, -0.2) is 24.5 Å². The van der Waals surface area contributed by atoms with Crippen LogP contribution in [0.2, 0.25) is 0 Å². The fourth-order valence-corrected chi connectivity index (χ4v) is 2.22. The predicted octanol–water partition coefficient (Wildman–Crippen LogP) is 2.89. The van der Waals surface area contributed by atoms with Gasteiger partial charge in [-0.3, -0.25) is 4.79 Å². The molecule has 1 unspecified atom stereocenters. The van der Waals surface area contributed by atoms with E-state index in [0.717, 1.165) is 12.3 Å². The Labute approximate surface area is 112 Å². The molecule has 1 amide bonds. The third kappa shape index (κ3) is 2.32. The molecule has 0 bridgehead atoms. The minimum absolute atomic E-state index is 0.0801. The monoisotopic (exact) mass is 253 g/mol. The van der Waals surface area contributed by atoms with Crippen molar-refractivity contribution >= 4 is 5.91 Å². The van der Waals surface area contributed by atoms with Gasteiger partial charge in [0.2, 0.25) is 0 Å². The summed E-state index contributed by atoms with van der Waals surface area (Å²) in [7, 11) is 1.62. The summed E-state index contributed by atoms with van der Waals surface area (Å²) in [6, 6.07) is 17.6. The lowest BCUT2D eigenvalue weighted by Crippen LogP contribution is -2.11. The van der Waals surface area contributed by atoms with Crippen LogP contribution in [0.4, 0.5) is 0 Å². The summed E-state index contributed by atoms with van der Waals surface area (Å²) in [6.45, 7) is 0.800. The Morgan fingerprint density at radius 3 is 2.42 bits per heavy atom. The topological polar surface area (TPSA) is 29.3 Å². The Bertz CT molecular complexity index is 577. The lowest BCUT2D eigenvalue weighted by molar-refractivity contribution is 0.0874. The molecule has 3 nitrogen and oxygen atoms in total. The van der Waals surface area contributed by atoms with Gasteiger partial charge >= 0.3 is 0 Å². The number of hydrogen-bond acceptors (Lipinski definition) is 2. The second-order valence-corrected chi connectivity index (χ2v) is 4.61. The lowest BCUT2D eigenvalue weighted by atomic mass is 10.1. The average Bonchev–Trinajstić information content (AvgIpc) is 3.28. The lowest BCUT2D eigenvalue weighted by Gasteiger charge is -2.05. The van der Waals surface area contributed by atoms with Crippen LogP contribution in [-0.2, 0) is 0 Å². The average molecular weight is 253 g/mol. The summed E-state index contributed by atoms with van der Waals surface area (Å²) in [5.41, 5.74) is 1.91. The minimum Gasteiger partial charge on any atom is -0.497 e. The summed E-state index contributed by atoms with van der Waals surface area (Å²) in [6.07, 6.45) is 0. The molecule has 0 aromatic heterocycles. The Hall–Kier alpha value is -2.29. The quantitative estimate of drug-likeness (QED) is 0.787. The van der Waals surface area contributed by atoms with E-state index in [2.05, 4.69) is 12.1 Å². The molecule has 0 aliphatic carbocycles. The molecule has 19 heavy (non-hydrogen) atoms. The van der Waals surface area contributed by atoms with Crippen molar-refractivity contribution in [3.05, 3.63) is 65.7 Å². The van der Waals surface area contributed by atoms with Crippen LogP contribution in [0.1, 0.15) is 22.0 Å². The molecule has 1 fully saturated rings. The Kier molecular flexibility index (Phi) is 2.95. The van der Waals surface area contributed by atoms with Crippen LogP contribution < -0.4 is 4.74 Å². The van der Waals surface area contributed by atoms with Gasteiger partial charge in [0.25, 0.3) is 5.91 Å². The van der Waals surface area contributed by atoms with Crippen molar-refractivity contribution in [2.45, 2.75) is 6.04 Å². The SMILES string of the molecule is COc1ccc(C(=O)N2CC2c2ccccc2)cc1. The van der Waals surface area contributed by atoms with Gasteiger partial charge < -0.3 is 9.64 Å². The highest BCUT2D eigenvalue weighted by atomic mass is 16.5. The fraction of sp³-hybridized carbons (Fsp3) is 0.188. The van der Waals surface area contributed by atoms with Crippen LogP contribution in [0.3, 0.4) is 0 Å². The van der Waals surface area contributed by atoms with E-state index < -0.39 is 0 Å². The molecule has 1 heterocycles. The van der Waals surface area contributed by atoms with Crippen molar-refractivity contribution in [1.29, 1.82) is 0 Å². The molecule has 0 N–H and O–H groups in total. The molecule has 1 aliphatic heterocycles. The molecule has 1 aliphatic rings. The van der Waals surface area contributed by atoms with Gasteiger partial charge in [-0.1, -0.05) is 30.3 Å². The van der Waals surface area contributed by atoms with Crippen LogP contribution in [0, 0.1) is 0 Å². The summed E-state index contributed by atoms with van der Waals surface area (Å²) in [5.74, 6) is 0.846. The molecule has 3 rings (SSSR count). The number of methoxy groups -OCH3 is 1. The van der Waals surface area contributed by atoms with Crippen LogP contribution in [0.15, 0.2) is 54.6 Å². The number of rotatable bonds is 3. The zero-order valence-electron chi connectivity index (χ0n) is 10.7. The summed E-state index contributed by atoms with van der Waals surface area (Å²) in [5, 5.41) is 0. The fourth-order valence-electron chi connectivity index (χ4n) is 2.22. The van der Waals surface area contributed by atoms with Gasteiger partial charge in [0, 0.05) is 12.1 Å². The third-order valence-corrected chi connectivity index (χ3v) is 3.39. The molecule has 2 aromatic carbocycles. The van der Waals surface area contributed by atoms with Crippen molar-refractivity contribution in [1.82, 2.24) is 4.90 Å². The zero-order chi connectivity index (χ0) is 13.2. The predicted molar refractivity (Wildman–Crippen MR) is 73.2 cm³/mol. The normalized spacial score (nSPS) is 17.1. The number of carbonyl (C=O) groups excluding carboxylic acids is 1. The summed E-state index contributed by atoms with van der Waals surface area (Å²) < 4.78 is 5.09. The van der Waals surface area contributed by atoms with Crippen LogP contribution in [0.25, 0.3) is 0 Å². The first kappa shape index (κ1) is 11.8. The minimum atomic E-state index is 0.0801. The number of benzene rings is 2. The van der Waals surface area contributed by atoms with Gasteiger partial charge in [0.15, 0.2) is 0 Å². The molecule has 2 aromatic rings. The van der Waals surface area contributed by atoms with E-state index in [1.165, 1.54) is 5.56 Å². The van der Waals surface area contributed by atoms with E-state index in [1.807, 2.05) is 47.4 Å². The number of hydrogen-bond donors (Lipinski definition) is 0. The van der Waals surface area contributed by atoms with Crippen molar-refractivity contribution < 1.29 is 9.53 Å². The molecule has 1 saturated heterocycles. The van der Waals surface area contributed by atoms with Crippen LogP contribution in [0.5, 0.6) is 5.75 Å². The first-order valence-corrected chi connectivity index (χ1v) is 6.29. The molecule has 0 spiro atoms. The van der Waals surface area contributed by atoms with Gasteiger partial charge in [-0.15, -0.1) is 0 Å². The van der Waals surface area contributed by atoms with Crippen LogP contribution >= 0.6 is 0 Å². The van der Waals surface area contributed by atoms with Gasteiger partial charge in [0.1, 0.15) is 5.75 Å². The maximum atomic E-state index is 12.3. The van der Waals surface area contributed by atoms with Crippen molar-refractivity contribution in [3.8, 4) is 5.75 Å². The smallest absolute Gasteiger partial charge is 0.254 e. The summed E-state index contributed by atoms with van der Waals surface area (Å²) in [4.78, 5) is 14.1. The van der Waals surface area contributed by atoms with E-state index in [1.54, 1.807) is 7.11 Å². The van der Waals surface area contributed by atoms with Crippen molar-refractivity contribution in [2.75, 3.05) is 13.7 Å². The number of nitrogens with zero attached hydrogens (tertiary/aromatic N) is 1. The molecular formula is C16H15NO2. The van der Waals surface area contributed by atoms with Crippen molar-refractivity contribution in [3.63, 3.8) is 0 Å². The Morgan fingerprint density at radius 2 is 1.79 bits per heavy atom. The highest BCUT2D eigenvalue weighted by Gasteiger charge is 2.39. The third-order valence-electron chi connectivity index (χ3n) is 3.39. The molecule has 0 radical (unpaired) electrons. The molecular weight excluding hydrogens is 238 g/mol. The van der Waals surface area contributed by atoms with E-state index in [-0.39, 0.29) is 11.9 Å². The largest absolute Gasteiger partial charge is 0.497 e. The van der Waals surface area contributed by atoms with Crippen molar-refractivity contribution in [2.24, 2.45) is 0 Å². The van der Waals surface area contributed by atoms with E-state index in [4.69, 9.17) is 4.74 Å². The second kappa shape index (κ2) is 4.76.